The van der Waals surface area contributed by atoms with Crippen molar-refractivity contribution in [2.45, 2.75) is 16.7 Å². The molecule has 1 atom stereocenters. The fraction of sp³-hybridized carbons (Fsp3) is 0.278. The lowest BCUT2D eigenvalue weighted by Crippen LogP contribution is -2.43. The van der Waals surface area contributed by atoms with Gasteiger partial charge in [0.1, 0.15) is 11.8 Å². The first-order chi connectivity index (χ1) is 12.5. The number of sulfonamides is 1. The topological polar surface area (TPSA) is 81.7 Å². The zero-order valence-corrected chi connectivity index (χ0v) is 16.2. The third-order valence-corrected chi connectivity index (χ3v) is 6.14. The molecule has 0 bridgehead atoms. The minimum absolute atomic E-state index is 0.0558. The van der Waals surface area contributed by atoms with Crippen LogP contribution < -0.4 is 9.46 Å². The molecule has 8 heteroatoms. The van der Waals surface area contributed by atoms with Crippen LogP contribution >= 0.6 is 11.8 Å². The first kappa shape index (κ1) is 20.3. The van der Waals surface area contributed by atoms with E-state index in [9.17, 15) is 13.2 Å². The molecule has 0 aromatic heterocycles. The molecule has 0 saturated carbocycles. The van der Waals surface area contributed by atoms with E-state index in [1.165, 1.54) is 38.1 Å². The molecule has 0 aliphatic carbocycles. The molecule has 0 heterocycles. The first-order valence-electron chi connectivity index (χ1n) is 7.82. The summed E-state index contributed by atoms with van der Waals surface area (Å²) in [6.07, 6.45) is 0. The van der Waals surface area contributed by atoms with Gasteiger partial charge in [0.15, 0.2) is 0 Å². The Morgan fingerprint density at radius 1 is 1.08 bits per heavy atom. The fourth-order valence-corrected chi connectivity index (χ4v) is 4.46. The molecule has 0 aliphatic rings. The molecular weight excluding hydrogens is 374 g/mol. The smallest absolute Gasteiger partial charge is 0.324 e. The summed E-state index contributed by atoms with van der Waals surface area (Å²) in [7, 11) is -1.12. The summed E-state index contributed by atoms with van der Waals surface area (Å²) >= 11 is 1.45. The number of methoxy groups -OCH3 is 2. The summed E-state index contributed by atoms with van der Waals surface area (Å²) in [4.78, 5) is 12.0. The van der Waals surface area contributed by atoms with Gasteiger partial charge in [0, 0.05) is 11.5 Å². The van der Waals surface area contributed by atoms with Crippen molar-refractivity contribution in [2.24, 2.45) is 0 Å². The third kappa shape index (κ3) is 5.76. The van der Waals surface area contributed by atoms with Crippen molar-refractivity contribution in [3.8, 4) is 5.75 Å². The molecule has 1 N–H and O–H groups in total. The number of hydrogen-bond acceptors (Lipinski definition) is 6. The maximum absolute atomic E-state index is 12.5. The van der Waals surface area contributed by atoms with Crippen LogP contribution in [0.3, 0.4) is 0 Å². The van der Waals surface area contributed by atoms with E-state index in [4.69, 9.17) is 9.47 Å². The van der Waals surface area contributed by atoms with Crippen molar-refractivity contribution in [3.05, 3.63) is 60.2 Å². The van der Waals surface area contributed by atoms with E-state index in [2.05, 4.69) is 4.72 Å². The molecule has 0 fully saturated rings. The predicted octanol–water partition coefficient (Wildman–Crippen LogP) is 2.45. The van der Waals surface area contributed by atoms with E-state index in [-0.39, 0.29) is 10.6 Å². The third-order valence-electron chi connectivity index (χ3n) is 3.55. The van der Waals surface area contributed by atoms with Gasteiger partial charge in [-0.15, -0.1) is 0 Å². The highest BCUT2D eigenvalue weighted by molar-refractivity contribution is 7.98. The summed E-state index contributed by atoms with van der Waals surface area (Å²) in [5.74, 6) is 0.852. The molecule has 0 radical (unpaired) electrons. The average molecular weight is 396 g/mol. The van der Waals surface area contributed by atoms with Crippen molar-refractivity contribution in [1.29, 1.82) is 0 Å². The van der Waals surface area contributed by atoms with Gasteiger partial charge in [0.2, 0.25) is 10.0 Å². The highest BCUT2D eigenvalue weighted by Gasteiger charge is 2.26. The number of carbonyl (C=O) groups is 1. The Hall–Kier alpha value is -2.03. The van der Waals surface area contributed by atoms with Crippen LogP contribution in [0.4, 0.5) is 0 Å². The largest absolute Gasteiger partial charge is 0.497 e. The second kappa shape index (κ2) is 9.61. The molecule has 2 aromatic carbocycles. The van der Waals surface area contributed by atoms with Gasteiger partial charge in [-0.2, -0.15) is 16.5 Å². The number of ether oxygens (including phenoxy) is 2. The Morgan fingerprint density at radius 2 is 1.73 bits per heavy atom. The number of thioether (sulfide) groups is 1. The highest BCUT2D eigenvalue weighted by Crippen LogP contribution is 2.18. The second-order valence-corrected chi connectivity index (χ2v) is 8.12. The summed E-state index contributed by atoms with van der Waals surface area (Å²) in [5, 5.41) is 0. The van der Waals surface area contributed by atoms with Gasteiger partial charge in [0.05, 0.1) is 19.1 Å². The van der Waals surface area contributed by atoms with Gasteiger partial charge in [-0.3, -0.25) is 4.79 Å². The molecular formula is C18H21NO5S2. The highest BCUT2D eigenvalue weighted by atomic mass is 32.2. The molecule has 0 saturated heterocycles. The van der Waals surface area contributed by atoms with Gasteiger partial charge >= 0.3 is 5.97 Å². The van der Waals surface area contributed by atoms with Crippen LogP contribution in [0.1, 0.15) is 5.56 Å². The van der Waals surface area contributed by atoms with Crippen LogP contribution in [0.2, 0.25) is 0 Å². The van der Waals surface area contributed by atoms with Gasteiger partial charge < -0.3 is 9.47 Å². The number of esters is 1. The lowest BCUT2D eigenvalue weighted by atomic mass is 10.2. The van der Waals surface area contributed by atoms with Crippen molar-refractivity contribution in [1.82, 2.24) is 4.72 Å². The number of rotatable bonds is 9. The zero-order chi connectivity index (χ0) is 19.0. The normalized spacial score (nSPS) is 12.4. The van der Waals surface area contributed by atoms with E-state index in [1.807, 2.05) is 30.3 Å². The lowest BCUT2D eigenvalue weighted by Gasteiger charge is -2.16. The Balaban J connectivity index is 2.04. The molecule has 0 amide bonds. The van der Waals surface area contributed by atoms with E-state index in [1.54, 1.807) is 12.1 Å². The number of hydrogen-bond donors (Lipinski definition) is 1. The molecule has 26 heavy (non-hydrogen) atoms. The maximum Gasteiger partial charge on any atom is 0.324 e. The van der Waals surface area contributed by atoms with Crippen molar-refractivity contribution < 1.29 is 22.7 Å². The van der Waals surface area contributed by atoms with Gasteiger partial charge in [-0.25, -0.2) is 8.42 Å². The number of carbonyl (C=O) groups excluding carboxylic acids is 1. The van der Waals surface area contributed by atoms with Gasteiger partial charge in [-0.05, 0) is 29.8 Å². The molecule has 2 aromatic rings. The van der Waals surface area contributed by atoms with Crippen molar-refractivity contribution >= 4 is 27.8 Å². The summed E-state index contributed by atoms with van der Waals surface area (Å²) < 4.78 is 37.2. The summed E-state index contributed by atoms with van der Waals surface area (Å²) in [5.41, 5.74) is 1.10. The zero-order valence-electron chi connectivity index (χ0n) is 14.5. The molecule has 0 aliphatic heterocycles. The average Bonchev–Trinajstić information content (AvgIpc) is 2.67. The van der Waals surface area contributed by atoms with Gasteiger partial charge in [-0.1, -0.05) is 30.3 Å². The van der Waals surface area contributed by atoms with E-state index in [0.29, 0.717) is 11.5 Å². The van der Waals surface area contributed by atoms with Crippen LogP contribution in [0, 0.1) is 0 Å². The SMILES string of the molecule is COC(=O)C(CSCc1ccccc1)NS(=O)(=O)c1ccc(OC)cc1. The molecule has 0 spiro atoms. The molecule has 140 valence electrons. The molecule has 6 nitrogen and oxygen atoms in total. The van der Waals surface area contributed by atoms with Crippen LogP contribution in [-0.4, -0.2) is 40.4 Å². The lowest BCUT2D eigenvalue weighted by molar-refractivity contribution is -0.141. The van der Waals surface area contributed by atoms with Crippen LogP contribution in [0.25, 0.3) is 0 Å². The number of nitrogens with one attached hydrogen (secondary N) is 1. The minimum atomic E-state index is -3.85. The van der Waals surface area contributed by atoms with E-state index >= 15 is 0 Å². The Labute approximate surface area is 158 Å². The predicted molar refractivity (Wildman–Crippen MR) is 102 cm³/mol. The molecule has 2 rings (SSSR count). The fourth-order valence-electron chi connectivity index (χ4n) is 2.17. The number of benzene rings is 2. The Kier molecular flexibility index (Phi) is 7.50. The van der Waals surface area contributed by atoms with E-state index in [0.717, 1.165) is 5.56 Å². The van der Waals surface area contributed by atoms with Crippen LogP contribution in [0.15, 0.2) is 59.5 Å². The van der Waals surface area contributed by atoms with Crippen molar-refractivity contribution in [2.75, 3.05) is 20.0 Å². The van der Waals surface area contributed by atoms with Crippen LogP contribution in [0.5, 0.6) is 5.75 Å². The Morgan fingerprint density at radius 3 is 2.31 bits per heavy atom. The summed E-state index contributed by atoms with van der Waals surface area (Å²) in [6.45, 7) is 0. The quantitative estimate of drug-likeness (QED) is 0.657. The maximum atomic E-state index is 12.5. The Bertz CT molecular complexity index is 807. The standard InChI is InChI=1S/C18H21NO5S2/c1-23-15-8-10-16(11-9-15)26(21,22)19-17(18(20)24-2)13-25-12-14-6-4-3-5-7-14/h3-11,17,19H,12-13H2,1-2H3. The monoisotopic (exact) mass is 395 g/mol. The minimum Gasteiger partial charge on any atom is -0.497 e. The second-order valence-electron chi connectivity index (χ2n) is 5.37. The van der Waals surface area contributed by atoms with Crippen LogP contribution in [-0.2, 0) is 25.3 Å². The van der Waals surface area contributed by atoms with E-state index < -0.39 is 22.0 Å². The summed E-state index contributed by atoms with van der Waals surface area (Å²) in [6, 6.07) is 14.7. The van der Waals surface area contributed by atoms with Gasteiger partial charge in [0.25, 0.3) is 0 Å². The van der Waals surface area contributed by atoms with Crippen molar-refractivity contribution in [3.63, 3.8) is 0 Å². The molecule has 1 unspecified atom stereocenters. The first-order valence-corrected chi connectivity index (χ1v) is 10.5.